The summed E-state index contributed by atoms with van der Waals surface area (Å²) < 4.78 is 21.9. The maximum atomic E-state index is 10.9. The summed E-state index contributed by atoms with van der Waals surface area (Å²) in [5, 5.41) is 4.60. The lowest BCUT2D eigenvalue weighted by molar-refractivity contribution is 0.175. The Kier molecular flexibility index (Phi) is 2.68. The topological polar surface area (TPSA) is 89.2 Å². The first-order chi connectivity index (χ1) is 7.05. The normalized spacial score (nSPS) is 18.7. The van der Waals surface area contributed by atoms with Gasteiger partial charge in [-0.2, -0.15) is 0 Å². The fourth-order valence-electron chi connectivity index (χ4n) is 1.53. The second-order valence-corrected chi connectivity index (χ2v) is 5.50. The molecule has 0 aromatic carbocycles. The molecule has 1 saturated heterocycles. The highest BCUT2D eigenvalue weighted by Gasteiger charge is 2.34. The van der Waals surface area contributed by atoms with E-state index in [9.17, 15) is 8.42 Å². The molecule has 15 heavy (non-hydrogen) atoms. The molecular weight excluding hydrogens is 216 g/mol. The maximum absolute atomic E-state index is 10.9. The number of rotatable bonds is 3. The molecule has 0 saturated carbocycles. The van der Waals surface area contributed by atoms with Crippen LogP contribution in [0.4, 0.5) is 0 Å². The summed E-state index contributed by atoms with van der Waals surface area (Å²) in [5.41, 5.74) is 0.977. The minimum absolute atomic E-state index is 0.415. The highest BCUT2D eigenvalue weighted by Crippen LogP contribution is 2.16. The third-order valence-electron chi connectivity index (χ3n) is 2.41. The number of aromatic nitrogens is 2. The summed E-state index contributed by atoms with van der Waals surface area (Å²) in [7, 11) is -3.36. The fraction of sp³-hybridized carbons (Fsp3) is 0.500. The van der Waals surface area contributed by atoms with Crippen molar-refractivity contribution in [3.05, 3.63) is 24.3 Å². The first kappa shape index (κ1) is 10.5. The zero-order valence-corrected chi connectivity index (χ0v) is 8.89. The van der Waals surface area contributed by atoms with E-state index in [2.05, 4.69) is 9.97 Å². The summed E-state index contributed by atoms with van der Waals surface area (Å²) in [6.45, 7) is 1.66. The molecule has 1 aliphatic heterocycles. The first-order valence-corrected chi connectivity index (χ1v) is 6.14. The largest absolute Gasteiger partial charge is 0.296 e. The minimum atomic E-state index is -3.36. The molecule has 0 aliphatic carbocycles. The molecule has 1 fully saturated rings. The van der Waals surface area contributed by atoms with Crippen molar-refractivity contribution >= 4 is 10.0 Å². The van der Waals surface area contributed by atoms with E-state index in [-0.39, 0.29) is 0 Å². The van der Waals surface area contributed by atoms with Gasteiger partial charge in [0, 0.05) is 37.6 Å². The lowest BCUT2D eigenvalue weighted by Crippen LogP contribution is -2.55. The monoisotopic (exact) mass is 228 g/mol. The van der Waals surface area contributed by atoms with Crippen LogP contribution in [0.25, 0.3) is 0 Å². The minimum Gasteiger partial charge on any atom is -0.296 e. The summed E-state index contributed by atoms with van der Waals surface area (Å²) in [6, 6.07) is 0. The third kappa shape index (κ3) is 2.49. The van der Waals surface area contributed by atoms with Gasteiger partial charge in [0.05, 0.1) is 0 Å². The molecule has 1 aromatic heterocycles. The zero-order chi connectivity index (χ0) is 10.9. The van der Waals surface area contributed by atoms with Gasteiger partial charge in [-0.05, 0) is 0 Å². The fourth-order valence-corrected chi connectivity index (χ4v) is 2.37. The summed E-state index contributed by atoms with van der Waals surface area (Å²) in [5.74, 6) is 0. The van der Waals surface area contributed by atoms with Crippen molar-refractivity contribution in [1.29, 1.82) is 0 Å². The van der Waals surface area contributed by atoms with Crippen LogP contribution in [0.5, 0.6) is 0 Å². The van der Waals surface area contributed by atoms with Crippen molar-refractivity contribution in [3.8, 4) is 0 Å². The van der Waals surface area contributed by atoms with Gasteiger partial charge in [-0.15, -0.1) is 0 Å². The molecule has 0 spiro atoms. The van der Waals surface area contributed by atoms with E-state index >= 15 is 0 Å². The molecule has 0 atom stereocenters. The van der Waals surface area contributed by atoms with Gasteiger partial charge < -0.3 is 0 Å². The highest BCUT2D eigenvalue weighted by atomic mass is 32.2. The molecule has 7 heteroatoms. The standard InChI is InChI=1S/C8H12N4O2S/c9-15(13,14)8-4-12(5-8)3-7-1-10-6-11-2-7/h1-2,6,8H,3-5H2,(H2,9,13,14). The van der Waals surface area contributed by atoms with Gasteiger partial charge in [0.2, 0.25) is 10.0 Å². The smallest absolute Gasteiger partial charge is 0.214 e. The third-order valence-corrected chi connectivity index (χ3v) is 3.64. The molecule has 2 heterocycles. The van der Waals surface area contributed by atoms with Crippen molar-refractivity contribution in [2.45, 2.75) is 11.8 Å². The maximum Gasteiger partial charge on any atom is 0.214 e. The summed E-state index contributed by atoms with van der Waals surface area (Å²) >= 11 is 0. The van der Waals surface area contributed by atoms with Crippen LogP contribution in [0.3, 0.4) is 0 Å². The van der Waals surface area contributed by atoms with E-state index in [1.165, 1.54) is 6.33 Å². The van der Waals surface area contributed by atoms with Crippen LogP contribution in [-0.4, -0.2) is 41.6 Å². The van der Waals surface area contributed by atoms with Crippen LogP contribution >= 0.6 is 0 Å². The van der Waals surface area contributed by atoms with E-state index in [4.69, 9.17) is 5.14 Å². The molecule has 2 N–H and O–H groups in total. The molecule has 0 amide bonds. The van der Waals surface area contributed by atoms with Crippen molar-refractivity contribution in [3.63, 3.8) is 0 Å². The predicted octanol–water partition coefficient (Wildman–Crippen LogP) is -1.05. The summed E-state index contributed by atoms with van der Waals surface area (Å²) in [6.07, 6.45) is 4.90. The molecule has 0 radical (unpaired) electrons. The molecular formula is C8H12N4O2S. The first-order valence-electron chi connectivity index (χ1n) is 4.53. The van der Waals surface area contributed by atoms with Gasteiger partial charge in [-0.25, -0.2) is 23.5 Å². The van der Waals surface area contributed by atoms with Crippen LogP contribution < -0.4 is 5.14 Å². The SMILES string of the molecule is NS(=O)(=O)C1CN(Cc2cncnc2)C1. The van der Waals surface area contributed by atoms with Gasteiger partial charge in [-0.1, -0.05) is 0 Å². The van der Waals surface area contributed by atoms with E-state index in [0.29, 0.717) is 19.6 Å². The van der Waals surface area contributed by atoms with E-state index in [1.54, 1.807) is 12.4 Å². The van der Waals surface area contributed by atoms with Crippen molar-refractivity contribution in [1.82, 2.24) is 14.9 Å². The zero-order valence-electron chi connectivity index (χ0n) is 8.07. The quantitative estimate of drug-likeness (QED) is 0.713. The van der Waals surface area contributed by atoms with Crippen LogP contribution in [0.2, 0.25) is 0 Å². The molecule has 0 bridgehead atoms. The summed E-state index contributed by atoms with van der Waals surface area (Å²) in [4.78, 5) is 9.76. The Balaban J connectivity index is 1.87. The van der Waals surface area contributed by atoms with E-state index in [0.717, 1.165) is 5.56 Å². The molecule has 0 unspecified atom stereocenters. The number of primary sulfonamides is 1. The van der Waals surface area contributed by atoms with Gasteiger partial charge in [0.15, 0.2) is 0 Å². The Morgan fingerprint density at radius 2 is 2.00 bits per heavy atom. The van der Waals surface area contributed by atoms with Crippen molar-refractivity contribution < 1.29 is 8.42 Å². The van der Waals surface area contributed by atoms with Gasteiger partial charge >= 0.3 is 0 Å². The number of hydrogen-bond donors (Lipinski definition) is 1. The molecule has 6 nitrogen and oxygen atoms in total. The number of sulfonamides is 1. The Hall–Kier alpha value is -1.05. The Morgan fingerprint density at radius 3 is 2.53 bits per heavy atom. The lowest BCUT2D eigenvalue weighted by Gasteiger charge is -2.37. The molecule has 82 valence electrons. The molecule has 2 rings (SSSR count). The number of nitrogens with two attached hydrogens (primary N) is 1. The van der Waals surface area contributed by atoms with Gasteiger partial charge in [-0.3, -0.25) is 4.90 Å². The Bertz CT molecular complexity index is 427. The Morgan fingerprint density at radius 1 is 1.40 bits per heavy atom. The van der Waals surface area contributed by atoms with Crippen LogP contribution in [0.15, 0.2) is 18.7 Å². The van der Waals surface area contributed by atoms with Crippen LogP contribution in [0.1, 0.15) is 5.56 Å². The van der Waals surface area contributed by atoms with E-state index < -0.39 is 15.3 Å². The predicted molar refractivity (Wildman–Crippen MR) is 54.2 cm³/mol. The average molecular weight is 228 g/mol. The molecule has 1 aliphatic rings. The molecule has 1 aromatic rings. The van der Waals surface area contributed by atoms with Gasteiger partial charge in [0.1, 0.15) is 11.6 Å². The number of hydrogen-bond acceptors (Lipinski definition) is 5. The Labute approximate surface area is 88.2 Å². The van der Waals surface area contributed by atoms with Crippen LogP contribution in [0, 0.1) is 0 Å². The highest BCUT2D eigenvalue weighted by molar-refractivity contribution is 7.89. The van der Waals surface area contributed by atoms with Crippen LogP contribution in [-0.2, 0) is 16.6 Å². The van der Waals surface area contributed by atoms with Gasteiger partial charge in [0.25, 0.3) is 0 Å². The van der Waals surface area contributed by atoms with E-state index in [1.807, 2.05) is 4.90 Å². The number of nitrogens with zero attached hydrogens (tertiary/aromatic N) is 3. The second kappa shape index (κ2) is 3.84. The number of likely N-dealkylation sites (tertiary alicyclic amines) is 1. The van der Waals surface area contributed by atoms with Crippen molar-refractivity contribution in [2.24, 2.45) is 5.14 Å². The average Bonchev–Trinajstić information content (AvgIpc) is 2.10. The van der Waals surface area contributed by atoms with Crippen molar-refractivity contribution in [2.75, 3.05) is 13.1 Å². The second-order valence-electron chi connectivity index (χ2n) is 3.65. The lowest BCUT2D eigenvalue weighted by atomic mass is 10.2.